The van der Waals surface area contributed by atoms with E-state index in [1.54, 1.807) is 34.5 Å². The SMILES string of the molecule is O=C(c1ccc(O)cc1)C1CCN(C(=O)c2csc(-c3ccc(F)cc3)n2)CC1. The third-order valence-electron chi connectivity index (χ3n) is 5.12. The summed E-state index contributed by atoms with van der Waals surface area (Å²) in [5.41, 5.74) is 1.72. The second kappa shape index (κ2) is 8.13. The van der Waals surface area contributed by atoms with Gasteiger partial charge in [-0.3, -0.25) is 9.59 Å². The third kappa shape index (κ3) is 4.19. The molecule has 5 nitrogen and oxygen atoms in total. The molecule has 1 amide bonds. The van der Waals surface area contributed by atoms with Gasteiger partial charge in [-0.25, -0.2) is 9.37 Å². The molecule has 0 atom stereocenters. The number of halogens is 1. The van der Waals surface area contributed by atoms with Crippen molar-refractivity contribution in [3.8, 4) is 16.3 Å². The Balaban J connectivity index is 1.38. The average molecular weight is 410 g/mol. The number of Topliss-reactive ketones (excluding diaryl/α,β-unsaturated/α-hetero) is 1. The first-order valence-corrected chi connectivity index (χ1v) is 10.2. The van der Waals surface area contributed by atoms with Crippen molar-refractivity contribution in [2.45, 2.75) is 12.8 Å². The van der Waals surface area contributed by atoms with E-state index in [2.05, 4.69) is 4.98 Å². The summed E-state index contributed by atoms with van der Waals surface area (Å²) in [5, 5.41) is 11.8. The first-order chi connectivity index (χ1) is 14.0. The van der Waals surface area contributed by atoms with Crippen molar-refractivity contribution in [2.75, 3.05) is 13.1 Å². The lowest BCUT2D eigenvalue weighted by molar-refractivity contribution is 0.0646. The predicted octanol–water partition coefficient (Wildman–Crippen LogP) is 4.39. The number of phenolic OH excluding ortho intramolecular Hbond substituents is 1. The van der Waals surface area contributed by atoms with Crippen LogP contribution in [0, 0.1) is 11.7 Å². The van der Waals surface area contributed by atoms with Crippen molar-refractivity contribution in [3.63, 3.8) is 0 Å². The fraction of sp³-hybridized carbons (Fsp3) is 0.227. The topological polar surface area (TPSA) is 70.5 Å². The van der Waals surface area contributed by atoms with Crippen LogP contribution in [-0.4, -0.2) is 39.8 Å². The average Bonchev–Trinajstić information content (AvgIpc) is 3.24. The van der Waals surface area contributed by atoms with Crippen LogP contribution in [0.25, 0.3) is 10.6 Å². The van der Waals surface area contributed by atoms with E-state index >= 15 is 0 Å². The molecule has 2 heterocycles. The lowest BCUT2D eigenvalue weighted by Gasteiger charge is -2.30. The molecule has 0 saturated carbocycles. The summed E-state index contributed by atoms with van der Waals surface area (Å²) < 4.78 is 13.1. The number of rotatable bonds is 4. The van der Waals surface area contributed by atoms with Crippen LogP contribution in [0.3, 0.4) is 0 Å². The van der Waals surface area contributed by atoms with Crippen molar-refractivity contribution in [1.82, 2.24) is 9.88 Å². The van der Waals surface area contributed by atoms with Crippen LogP contribution in [-0.2, 0) is 0 Å². The molecule has 3 aromatic rings. The number of carbonyl (C=O) groups is 2. The Morgan fingerprint density at radius 1 is 1.03 bits per heavy atom. The standard InChI is InChI=1S/C22H19FN2O3S/c23-17-5-1-16(2-6-17)21-24-19(13-29-21)22(28)25-11-9-15(10-12-25)20(27)14-3-7-18(26)8-4-14/h1-8,13,15,26H,9-12H2. The summed E-state index contributed by atoms with van der Waals surface area (Å²) in [4.78, 5) is 31.5. The minimum atomic E-state index is -0.314. The van der Waals surface area contributed by atoms with Gasteiger partial charge < -0.3 is 10.0 Å². The van der Waals surface area contributed by atoms with E-state index in [4.69, 9.17) is 0 Å². The molecule has 1 N–H and O–H groups in total. The van der Waals surface area contributed by atoms with E-state index in [0.717, 1.165) is 5.56 Å². The maximum atomic E-state index is 13.1. The normalized spacial score (nSPS) is 14.7. The molecule has 0 radical (unpaired) electrons. The molecule has 29 heavy (non-hydrogen) atoms. The summed E-state index contributed by atoms with van der Waals surface area (Å²) >= 11 is 1.35. The zero-order chi connectivity index (χ0) is 20.4. The minimum Gasteiger partial charge on any atom is -0.508 e. The van der Waals surface area contributed by atoms with E-state index in [-0.39, 0.29) is 29.2 Å². The van der Waals surface area contributed by atoms with E-state index in [1.807, 2.05) is 0 Å². The molecule has 2 aromatic carbocycles. The number of carbonyl (C=O) groups excluding carboxylic acids is 2. The van der Waals surface area contributed by atoms with Crippen LogP contribution in [0.2, 0.25) is 0 Å². The second-order valence-corrected chi connectivity index (χ2v) is 7.88. The molecule has 7 heteroatoms. The van der Waals surface area contributed by atoms with Crippen LogP contribution < -0.4 is 0 Å². The zero-order valence-electron chi connectivity index (χ0n) is 15.5. The molecule has 1 saturated heterocycles. The van der Waals surface area contributed by atoms with Gasteiger partial charge in [0.1, 0.15) is 22.3 Å². The highest BCUT2D eigenvalue weighted by atomic mass is 32.1. The molecular weight excluding hydrogens is 391 g/mol. The second-order valence-electron chi connectivity index (χ2n) is 7.02. The van der Waals surface area contributed by atoms with Crippen molar-refractivity contribution in [2.24, 2.45) is 5.92 Å². The quantitative estimate of drug-likeness (QED) is 0.648. The number of likely N-dealkylation sites (tertiary alicyclic amines) is 1. The molecule has 1 fully saturated rings. The maximum Gasteiger partial charge on any atom is 0.273 e. The molecule has 4 rings (SSSR count). The molecule has 148 valence electrons. The predicted molar refractivity (Wildman–Crippen MR) is 109 cm³/mol. The van der Waals surface area contributed by atoms with Gasteiger partial charge in [0.05, 0.1) is 0 Å². The Morgan fingerprint density at radius 3 is 2.34 bits per heavy atom. The first kappa shape index (κ1) is 19.3. The number of hydrogen-bond acceptors (Lipinski definition) is 5. The molecule has 0 aliphatic carbocycles. The van der Waals surface area contributed by atoms with Gasteiger partial charge in [-0.05, 0) is 61.4 Å². The van der Waals surface area contributed by atoms with Gasteiger partial charge in [-0.2, -0.15) is 0 Å². The van der Waals surface area contributed by atoms with Crippen LogP contribution in [0.4, 0.5) is 4.39 Å². The highest BCUT2D eigenvalue weighted by molar-refractivity contribution is 7.13. The number of benzene rings is 2. The van der Waals surface area contributed by atoms with Gasteiger partial charge >= 0.3 is 0 Å². The van der Waals surface area contributed by atoms with Gasteiger partial charge in [-0.15, -0.1) is 11.3 Å². The van der Waals surface area contributed by atoms with Crippen LogP contribution in [0.5, 0.6) is 5.75 Å². The molecule has 1 aliphatic rings. The van der Waals surface area contributed by atoms with Crippen LogP contribution in [0.1, 0.15) is 33.7 Å². The summed E-state index contributed by atoms with van der Waals surface area (Å²) in [6, 6.07) is 12.3. The smallest absolute Gasteiger partial charge is 0.273 e. The molecular formula is C22H19FN2O3S. The number of phenols is 1. The largest absolute Gasteiger partial charge is 0.508 e. The van der Waals surface area contributed by atoms with E-state index in [0.29, 0.717) is 42.2 Å². The summed E-state index contributed by atoms with van der Waals surface area (Å²) in [7, 11) is 0. The van der Waals surface area contributed by atoms with E-state index in [9.17, 15) is 19.1 Å². The number of aromatic hydroxyl groups is 1. The van der Waals surface area contributed by atoms with Gasteiger partial charge in [0.2, 0.25) is 0 Å². The Labute approximate surface area is 171 Å². The first-order valence-electron chi connectivity index (χ1n) is 9.35. The van der Waals surface area contributed by atoms with Crippen molar-refractivity contribution in [1.29, 1.82) is 0 Å². The fourth-order valence-electron chi connectivity index (χ4n) is 3.47. The van der Waals surface area contributed by atoms with Gasteiger partial charge in [0.15, 0.2) is 5.78 Å². The Kier molecular flexibility index (Phi) is 5.40. The van der Waals surface area contributed by atoms with Crippen molar-refractivity contribution >= 4 is 23.0 Å². The molecule has 0 unspecified atom stereocenters. The van der Waals surface area contributed by atoms with Gasteiger partial charge in [0, 0.05) is 35.5 Å². The van der Waals surface area contributed by atoms with Crippen molar-refractivity contribution < 1.29 is 19.1 Å². The number of nitrogens with zero attached hydrogens (tertiary/aromatic N) is 2. The van der Waals surface area contributed by atoms with E-state index in [1.165, 1.54) is 35.6 Å². The number of ketones is 1. The maximum absolute atomic E-state index is 13.1. The summed E-state index contributed by atoms with van der Waals surface area (Å²) in [6.45, 7) is 0.994. The zero-order valence-corrected chi connectivity index (χ0v) is 16.4. The highest BCUT2D eigenvalue weighted by Crippen LogP contribution is 2.27. The molecule has 0 spiro atoms. The summed E-state index contributed by atoms with van der Waals surface area (Å²) in [5.74, 6) is -0.417. The number of hydrogen-bond donors (Lipinski definition) is 1. The highest BCUT2D eigenvalue weighted by Gasteiger charge is 2.29. The van der Waals surface area contributed by atoms with Crippen LogP contribution >= 0.6 is 11.3 Å². The molecule has 1 aliphatic heterocycles. The van der Waals surface area contributed by atoms with Gasteiger partial charge in [0.25, 0.3) is 5.91 Å². The third-order valence-corrected chi connectivity index (χ3v) is 6.01. The lowest BCUT2D eigenvalue weighted by atomic mass is 9.89. The minimum absolute atomic E-state index is 0.0457. The molecule has 0 bridgehead atoms. The lowest BCUT2D eigenvalue weighted by Crippen LogP contribution is -2.40. The number of amides is 1. The Hall–Kier alpha value is -3.06. The fourth-order valence-corrected chi connectivity index (χ4v) is 4.27. The van der Waals surface area contributed by atoms with E-state index < -0.39 is 0 Å². The monoisotopic (exact) mass is 410 g/mol. The Bertz CT molecular complexity index is 1020. The molecule has 1 aromatic heterocycles. The number of thiazole rings is 1. The van der Waals surface area contributed by atoms with Crippen molar-refractivity contribution in [3.05, 3.63) is 71.0 Å². The van der Waals surface area contributed by atoms with Gasteiger partial charge in [-0.1, -0.05) is 0 Å². The van der Waals surface area contributed by atoms with Crippen LogP contribution in [0.15, 0.2) is 53.9 Å². The Morgan fingerprint density at radius 2 is 1.69 bits per heavy atom. The number of aromatic nitrogens is 1. The summed E-state index contributed by atoms with van der Waals surface area (Å²) in [6.07, 6.45) is 1.20. The number of piperidine rings is 1.